The van der Waals surface area contributed by atoms with Crippen molar-refractivity contribution in [2.24, 2.45) is 4.99 Å². The Kier molecular flexibility index (Phi) is 13.9. The number of amides is 1. The highest BCUT2D eigenvalue weighted by atomic mass is 127. The molecule has 1 aliphatic heterocycles. The second kappa shape index (κ2) is 14.3. The zero-order valence-corrected chi connectivity index (χ0v) is 22.1. The normalized spacial score (nSPS) is 18.1. The van der Waals surface area contributed by atoms with Crippen LogP contribution in [0, 0.1) is 0 Å². The molecule has 3 N–H and O–H groups in total. The molecule has 178 valence electrons. The molecule has 1 rings (SSSR count). The third-order valence-electron chi connectivity index (χ3n) is 4.52. The van der Waals surface area contributed by atoms with Crippen molar-refractivity contribution in [3.63, 3.8) is 0 Å². The number of ether oxygens (including phenoxy) is 1. The minimum atomic E-state index is -2.85. The van der Waals surface area contributed by atoms with Gasteiger partial charge in [-0.2, -0.15) is 0 Å². The van der Waals surface area contributed by atoms with Crippen LogP contribution in [0.2, 0.25) is 0 Å². The summed E-state index contributed by atoms with van der Waals surface area (Å²) in [6.45, 7) is 10.7. The van der Waals surface area contributed by atoms with Gasteiger partial charge in [-0.15, -0.1) is 24.0 Å². The molecule has 1 amide bonds. The fourth-order valence-electron chi connectivity index (χ4n) is 2.89. The summed E-state index contributed by atoms with van der Waals surface area (Å²) in [7, 11) is -1.15. The summed E-state index contributed by atoms with van der Waals surface area (Å²) in [5.74, 6) is 1.13. The number of sulfone groups is 1. The predicted molar refractivity (Wildman–Crippen MR) is 133 cm³/mol. The molecule has 1 unspecified atom stereocenters. The number of rotatable bonds is 9. The lowest BCUT2D eigenvalue weighted by Gasteiger charge is -2.27. The van der Waals surface area contributed by atoms with E-state index in [1.54, 1.807) is 7.05 Å². The van der Waals surface area contributed by atoms with E-state index in [-0.39, 0.29) is 41.5 Å². The Bertz CT molecular complexity index is 623. The number of carbonyl (C=O) groups is 1. The van der Waals surface area contributed by atoms with Crippen molar-refractivity contribution in [2.45, 2.75) is 58.6 Å². The second-order valence-electron chi connectivity index (χ2n) is 8.36. The summed E-state index contributed by atoms with van der Waals surface area (Å²) in [5, 5.41) is 9.46. The molecule has 0 radical (unpaired) electrons. The Morgan fingerprint density at radius 1 is 1.20 bits per heavy atom. The number of nitrogens with one attached hydrogen (secondary N) is 3. The molecule has 0 bridgehead atoms. The van der Waals surface area contributed by atoms with E-state index in [1.165, 1.54) is 0 Å². The third-order valence-corrected chi connectivity index (χ3v) is 6.13. The molecule has 0 aliphatic carbocycles. The van der Waals surface area contributed by atoms with Crippen LogP contribution in [0.3, 0.4) is 0 Å². The average Bonchev–Trinajstić information content (AvgIpc) is 2.62. The first-order valence-electron chi connectivity index (χ1n) is 10.4. The largest absolute Gasteiger partial charge is 0.444 e. The summed E-state index contributed by atoms with van der Waals surface area (Å²) >= 11 is 0. The monoisotopic (exact) mass is 561 g/mol. The zero-order chi connectivity index (χ0) is 21.9. The highest BCUT2D eigenvalue weighted by molar-refractivity contribution is 14.0. The fourth-order valence-corrected chi connectivity index (χ4v) is 4.17. The molecular weight excluding hydrogens is 521 g/mol. The van der Waals surface area contributed by atoms with Gasteiger partial charge in [0.1, 0.15) is 5.60 Å². The molecule has 1 heterocycles. The molecule has 30 heavy (non-hydrogen) atoms. The van der Waals surface area contributed by atoms with Gasteiger partial charge in [0.2, 0.25) is 0 Å². The molecule has 0 aromatic rings. The summed E-state index contributed by atoms with van der Waals surface area (Å²) in [6.07, 6.45) is 2.57. The van der Waals surface area contributed by atoms with Crippen molar-refractivity contribution in [1.29, 1.82) is 0 Å². The van der Waals surface area contributed by atoms with E-state index in [2.05, 4.69) is 32.8 Å². The van der Waals surface area contributed by atoms with Gasteiger partial charge in [-0.1, -0.05) is 19.8 Å². The van der Waals surface area contributed by atoms with E-state index in [0.29, 0.717) is 32.1 Å². The van der Waals surface area contributed by atoms with Crippen LogP contribution >= 0.6 is 24.0 Å². The molecule has 1 atom stereocenters. The third kappa shape index (κ3) is 13.5. The Morgan fingerprint density at radius 2 is 1.83 bits per heavy atom. The van der Waals surface area contributed by atoms with Gasteiger partial charge in [0.05, 0.1) is 11.5 Å². The SMILES string of the molecule is CCCCC(CNC(=O)OC(C)(C)C)NC(=NC)NCCN1CCS(=O)(=O)CC1.I. The highest BCUT2D eigenvalue weighted by Crippen LogP contribution is 2.07. The Morgan fingerprint density at radius 3 is 2.37 bits per heavy atom. The summed E-state index contributed by atoms with van der Waals surface area (Å²) in [4.78, 5) is 18.3. The van der Waals surface area contributed by atoms with Crippen molar-refractivity contribution >= 4 is 45.9 Å². The number of hydrogen-bond donors (Lipinski definition) is 3. The van der Waals surface area contributed by atoms with Crippen LogP contribution in [-0.2, 0) is 14.6 Å². The maximum atomic E-state index is 11.9. The minimum absolute atomic E-state index is 0. The first-order chi connectivity index (χ1) is 13.5. The van der Waals surface area contributed by atoms with E-state index < -0.39 is 21.5 Å². The predicted octanol–water partition coefficient (Wildman–Crippen LogP) is 1.58. The lowest BCUT2D eigenvalue weighted by atomic mass is 10.1. The summed E-state index contributed by atoms with van der Waals surface area (Å²) in [6, 6.07) is 0.0359. The first kappa shape index (κ1) is 29.2. The summed E-state index contributed by atoms with van der Waals surface area (Å²) in [5.41, 5.74) is -0.526. The van der Waals surface area contributed by atoms with Crippen molar-refractivity contribution in [2.75, 3.05) is 51.3 Å². The minimum Gasteiger partial charge on any atom is -0.444 e. The van der Waals surface area contributed by atoms with Gasteiger partial charge in [0.15, 0.2) is 15.8 Å². The van der Waals surface area contributed by atoms with Crippen LogP contribution in [0.1, 0.15) is 47.0 Å². The van der Waals surface area contributed by atoms with Gasteiger partial charge in [0, 0.05) is 45.8 Å². The maximum absolute atomic E-state index is 11.9. The quantitative estimate of drug-likeness (QED) is 0.223. The van der Waals surface area contributed by atoms with Crippen LogP contribution in [0.15, 0.2) is 4.99 Å². The van der Waals surface area contributed by atoms with Crippen LogP contribution in [0.5, 0.6) is 0 Å². The number of nitrogens with zero attached hydrogens (tertiary/aromatic N) is 2. The Labute approximate surface area is 199 Å². The Hall–Kier alpha value is -0.820. The van der Waals surface area contributed by atoms with E-state index >= 15 is 0 Å². The standard InChI is InChI=1S/C19H39N5O4S.HI/c1-6-7-8-16(15-22-18(25)28-19(2,3)4)23-17(20-5)21-9-10-24-11-13-29(26,27)14-12-24;/h16H,6-15H2,1-5H3,(H,22,25)(H2,20,21,23);1H. The van der Waals surface area contributed by atoms with Crippen molar-refractivity contribution in [1.82, 2.24) is 20.9 Å². The van der Waals surface area contributed by atoms with E-state index in [1.807, 2.05) is 20.8 Å². The van der Waals surface area contributed by atoms with Crippen molar-refractivity contribution in [3.05, 3.63) is 0 Å². The lowest BCUT2D eigenvalue weighted by Crippen LogP contribution is -2.50. The van der Waals surface area contributed by atoms with Gasteiger partial charge in [-0.05, 0) is 27.2 Å². The van der Waals surface area contributed by atoms with E-state index in [9.17, 15) is 13.2 Å². The number of unbranched alkanes of at least 4 members (excludes halogenated alkanes) is 1. The van der Waals surface area contributed by atoms with E-state index in [4.69, 9.17) is 4.74 Å². The van der Waals surface area contributed by atoms with Gasteiger partial charge in [0.25, 0.3) is 0 Å². The maximum Gasteiger partial charge on any atom is 0.407 e. The van der Waals surface area contributed by atoms with Gasteiger partial charge in [-0.25, -0.2) is 13.2 Å². The number of aliphatic imine (C=N–C) groups is 1. The van der Waals surface area contributed by atoms with Gasteiger partial charge < -0.3 is 20.7 Å². The number of halogens is 1. The average molecular weight is 562 g/mol. The molecule has 9 nitrogen and oxygen atoms in total. The van der Waals surface area contributed by atoms with Crippen molar-refractivity contribution < 1.29 is 17.9 Å². The van der Waals surface area contributed by atoms with Crippen molar-refractivity contribution in [3.8, 4) is 0 Å². The van der Waals surface area contributed by atoms with Gasteiger partial charge >= 0.3 is 6.09 Å². The first-order valence-corrected chi connectivity index (χ1v) is 12.2. The molecule has 1 saturated heterocycles. The molecule has 1 aliphatic rings. The van der Waals surface area contributed by atoms with E-state index in [0.717, 1.165) is 25.8 Å². The number of hydrogen-bond acceptors (Lipinski definition) is 6. The molecule has 0 saturated carbocycles. The number of guanidine groups is 1. The highest BCUT2D eigenvalue weighted by Gasteiger charge is 2.21. The number of alkyl carbamates (subject to hydrolysis) is 1. The molecule has 0 aromatic carbocycles. The molecule has 1 fully saturated rings. The smallest absolute Gasteiger partial charge is 0.407 e. The Balaban J connectivity index is 0.00000841. The summed E-state index contributed by atoms with van der Waals surface area (Å²) < 4.78 is 28.3. The lowest BCUT2D eigenvalue weighted by molar-refractivity contribution is 0.0522. The zero-order valence-electron chi connectivity index (χ0n) is 19.0. The van der Waals surface area contributed by atoms with Crippen LogP contribution in [-0.4, -0.2) is 88.3 Å². The number of carbonyl (C=O) groups excluding carboxylic acids is 1. The fraction of sp³-hybridized carbons (Fsp3) is 0.895. The second-order valence-corrected chi connectivity index (χ2v) is 10.7. The van der Waals surface area contributed by atoms with Crippen LogP contribution in [0.4, 0.5) is 4.79 Å². The topological polar surface area (TPSA) is 112 Å². The molecular formula is C19H40IN5O4S. The van der Waals surface area contributed by atoms with Crippen LogP contribution in [0.25, 0.3) is 0 Å². The molecule has 11 heteroatoms. The van der Waals surface area contributed by atoms with Gasteiger partial charge in [-0.3, -0.25) is 9.89 Å². The molecule has 0 aromatic heterocycles. The van der Waals surface area contributed by atoms with Crippen LogP contribution < -0.4 is 16.0 Å². The molecule has 0 spiro atoms.